The SMILES string of the molecule is CCOC(=O)N1CC2CN(CCOc3ccc(C#N)cc3)CC2C1. The van der Waals surface area contributed by atoms with Gasteiger partial charge in [0.2, 0.25) is 0 Å². The Balaban J connectivity index is 1.39. The molecule has 0 saturated carbocycles. The van der Waals surface area contributed by atoms with Gasteiger partial charge in [0.15, 0.2) is 0 Å². The molecule has 1 aromatic carbocycles. The van der Waals surface area contributed by atoms with E-state index in [1.807, 2.05) is 24.0 Å². The highest BCUT2D eigenvalue weighted by molar-refractivity contribution is 5.68. The Morgan fingerprint density at radius 3 is 2.46 bits per heavy atom. The predicted molar refractivity (Wildman–Crippen MR) is 88.7 cm³/mol. The van der Waals surface area contributed by atoms with E-state index in [1.54, 1.807) is 12.1 Å². The molecule has 1 amide bonds. The fraction of sp³-hybridized carbons (Fsp3) is 0.556. The molecular formula is C18H23N3O3. The fourth-order valence-corrected chi connectivity index (χ4v) is 3.55. The van der Waals surface area contributed by atoms with E-state index in [-0.39, 0.29) is 6.09 Å². The Labute approximate surface area is 142 Å². The van der Waals surface area contributed by atoms with Gasteiger partial charge >= 0.3 is 6.09 Å². The minimum absolute atomic E-state index is 0.178. The van der Waals surface area contributed by atoms with Crippen LogP contribution < -0.4 is 4.74 Å². The van der Waals surface area contributed by atoms with E-state index in [9.17, 15) is 4.79 Å². The highest BCUT2D eigenvalue weighted by Crippen LogP contribution is 2.31. The summed E-state index contributed by atoms with van der Waals surface area (Å²) in [6.07, 6.45) is -0.178. The van der Waals surface area contributed by atoms with Gasteiger partial charge in [-0.15, -0.1) is 0 Å². The lowest BCUT2D eigenvalue weighted by atomic mass is 10.0. The third-order valence-corrected chi connectivity index (χ3v) is 4.75. The number of hydrogen-bond donors (Lipinski definition) is 0. The van der Waals surface area contributed by atoms with Crippen LogP contribution in [0.25, 0.3) is 0 Å². The Bertz CT molecular complexity index is 597. The number of rotatable bonds is 5. The number of carbonyl (C=O) groups is 1. The summed E-state index contributed by atoms with van der Waals surface area (Å²) >= 11 is 0. The third-order valence-electron chi connectivity index (χ3n) is 4.75. The van der Waals surface area contributed by atoms with Crippen LogP contribution in [0.3, 0.4) is 0 Å². The number of amides is 1. The Morgan fingerprint density at radius 2 is 1.88 bits per heavy atom. The zero-order valence-corrected chi connectivity index (χ0v) is 14.0. The number of ether oxygens (including phenoxy) is 2. The standard InChI is InChI=1S/C18H23N3O3/c1-2-23-18(22)21-12-15-10-20(11-16(15)13-21)7-8-24-17-5-3-14(9-19)4-6-17/h3-6,15-16H,2,7-8,10-13H2,1H3. The van der Waals surface area contributed by atoms with E-state index >= 15 is 0 Å². The lowest BCUT2D eigenvalue weighted by molar-refractivity contribution is 0.110. The molecule has 0 N–H and O–H groups in total. The van der Waals surface area contributed by atoms with Gasteiger partial charge in [-0.2, -0.15) is 5.26 Å². The van der Waals surface area contributed by atoms with Gasteiger partial charge in [0.1, 0.15) is 12.4 Å². The van der Waals surface area contributed by atoms with E-state index in [0.717, 1.165) is 38.5 Å². The minimum atomic E-state index is -0.178. The third kappa shape index (κ3) is 3.80. The van der Waals surface area contributed by atoms with Gasteiger partial charge in [-0.3, -0.25) is 4.90 Å². The molecule has 0 aromatic heterocycles. The van der Waals surface area contributed by atoms with E-state index in [2.05, 4.69) is 11.0 Å². The van der Waals surface area contributed by atoms with Gasteiger partial charge in [0.25, 0.3) is 0 Å². The molecule has 0 radical (unpaired) electrons. The summed E-state index contributed by atoms with van der Waals surface area (Å²) in [4.78, 5) is 16.0. The minimum Gasteiger partial charge on any atom is -0.492 e. The summed E-state index contributed by atoms with van der Waals surface area (Å²) in [5, 5.41) is 8.78. The van der Waals surface area contributed by atoms with Gasteiger partial charge in [0, 0.05) is 32.7 Å². The number of nitriles is 1. The summed E-state index contributed by atoms with van der Waals surface area (Å²) in [7, 11) is 0. The topological polar surface area (TPSA) is 65.8 Å². The maximum atomic E-state index is 11.8. The van der Waals surface area contributed by atoms with Gasteiger partial charge in [-0.25, -0.2) is 4.79 Å². The van der Waals surface area contributed by atoms with Crippen LogP contribution in [0.4, 0.5) is 4.79 Å². The second kappa shape index (κ2) is 7.54. The second-order valence-electron chi connectivity index (χ2n) is 6.37. The molecule has 2 atom stereocenters. The van der Waals surface area contributed by atoms with E-state index in [0.29, 0.717) is 30.6 Å². The van der Waals surface area contributed by atoms with Crippen LogP contribution in [0.1, 0.15) is 12.5 Å². The van der Waals surface area contributed by atoms with Crippen LogP contribution in [0.15, 0.2) is 24.3 Å². The monoisotopic (exact) mass is 329 g/mol. The molecule has 2 aliphatic rings. The maximum Gasteiger partial charge on any atom is 0.409 e. The van der Waals surface area contributed by atoms with Gasteiger partial charge < -0.3 is 14.4 Å². The van der Waals surface area contributed by atoms with Crippen molar-refractivity contribution in [3.05, 3.63) is 29.8 Å². The van der Waals surface area contributed by atoms with Crippen LogP contribution in [0.5, 0.6) is 5.75 Å². The average molecular weight is 329 g/mol. The molecule has 2 fully saturated rings. The molecule has 128 valence electrons. The molecule has 2 heterocycles. The molecule has 0 spiro atoms. The van der Waals surface area contributed by atoms with E-state index < -0.39 is 0 Å². The molecule has 0 aliphatic carbocycles. The van der Waals surface area contributed by atoms with Gasteiger partial charge in [-0.1, -0.05) is 0 Å². The average Bonchev–Trinajstić information content (AvgIpc) is 3.14. The van der Waals surface area contributed by atoms with Crippen molar-refractivity contribution in [1.82, 2.24) is 9.80 Å². The number of likely N-dealkylation sites (tertiary alicyclic amines) is 2. The first-order valence-corrected chi connectivity index (χ1v) is 8.46. The number of carbonyl (C=O) groups excluding carboxylic acids is 1. The molecule has 24 heavy (non-hydrogen) atoms. The van der Waals surface area contributed by atoms with Crippen molar-refractivity contribution in [3.63, 3.8) is 0 Å². The normalized spacial score (nSPS) is 22.9. The fourth-order valence-electron chi connectivity index (χ4n) is 3.55. The first-order chi connectivity index (χ1) is 11.7. The van der Waals surface area contributed by atoms with Crippen LogP contribution in [-0.2, 0) is 4.74 Å². The molecule has 2 unspecified atom stereocenters. The van der Waals surface area contributed by atoms with Crippen molar-refractivity contribution < 1.29 is 14.3 Å². The molecule has 2 saturated heterocycles. The Kier molecular flexibility index (Phi) is 5.21. The first-order valence-electron chi connectivity index (χ1n) is 8.46. The number of hydrogen-bond acceptors (Lipinski definition) is 5. The largest absolute Gasteiger partial charge is 0.492 e. The van der Waals surface area contributed by atoms with Crippen LogP contribution in [-0.4, -0.2) is 61.8 Å². The van der Waals surface area contributed by atoms with E-state index in [4.69, 9.17) is 14.7 Å². The predicted octanol–water partition coefficient (Wildman–Crippen LogP) is 1.96. The second-order valence-corrected chi connectivity index (χ2v) is 6.37. The van der Waals surface area contributed by atoms with Crippen molar-refractivity contribution in [3.8, 4) is 11.8 Å². The molecule has 3 rings (SSSR count). The van der Waals surface area contributed by atoms with Crippen LogP contribution in [0.2, 0.25) is 0 Å². The van der Waals surface area contributed by atoms with Gasteiger partial charge in [-0.05, 0) is 43.0 Å². The molecule has 6 nitrogen and oxygen atoms in total. The van der Waals surface area contributed by atoms with Crippen molar-refractivity contribution in [2.75, 3.05) is 45.9 Å². The lowest BCUT2D eigenvalue weighted by Gasteiger charge is -2.21. The smallest absolute Gasteiger partial charge is 0.409 e. The maximum absolute atomic E-state index is 11.8. The zero-order chi connectivity index (χ0) is 16.9. The van der Waals surface area contributed by atoms with Crippen molar-refractivity contribution in [2.45, 2.75) is 6.92 Å². The van der Waals surface area contributed by atoms with Crippen molar-refractivity contribution in [2.24, 2.45) is 11.8 Å². The van der Waals surface area contributed by atoms with Crippen molar-refractivity contribution >= 4 is 6.09 Å². The molecule has 1 aromatic rings. The molecule has 2 aliphatic heterocycles. The molecule has 6 heteroatoms. The Morgan fingerprint density at radius 1 is 1.21 bits per heavy atom. The van der Waals surface area contributed by atoms with Crippen molar-refractivity contribution in [1.29, 1.82) is 5.26 Å². The number of fused-ring (bicyclic) bond motifs is 1. The Hall–Kier alpha value is -2.26. The lowest BCUT2D eigenvalue weighted by Crippen LogP contribution is -2.34. The summed E-state index contributed by atoms with van der Waals surface area (Å²) in [6.45, 7) is 7.41. The molecule has 0 bridgehead atoms. The number of nitrogens with zero attached hydrogens (tertiary/aromatic N) is 3. The summed E-state index contributed by atoms with van der Waals surface area (Å²) in [5.74, 6) is 1.88. The summed E-state index contributed by atoms with van der Waals surface area (Å²) in [6, 6.07) is 9.28. The highest BCUT2D eigenvalue weighted by Gasteiger charge is 2.41. The quantitative estimate of drug-likeness (QED) is 0.826. The van der Waals surface area contributed by atoms with Crippen LogP contribution >= 0.6 is 0 Å². The van der Waals surface area contributed by atoms with Gasteiger partial charge in [0.05, 0.1) is 18.2 Å². The zero-order valence-electron chi connectivity index (χ0n) is 14.0. The summed E-state index contributed by atoms with van der Waals surface area (Å²) < 4.78 is 10.8. The van der Waals surface area contributed by atoms with E-state index in [1.165, 1.54) is 0 Å². The van der Waals surface area contributed by atoms with Crippen LogP contribution in [0, 0.1) is 23.2 Å². The first kappa shape index (κ1) is 16.6. The summed E-state index contributed by atoms with van der Waals surface area (Å²) in [5.41, 5.74) is 0.640. The molecular weight excluding hydrogens is 306 g/mol. The highest BCUT2D eigenvalue weighted by atomic mass is 16.6. The number of benzene rings is 1.